The van der Waals surface area contributed by atoms with Crippen LogP contribution in [0, 0.1) is 12.7 Å². The van der Waals surface area contributed by atoms with Gasteiger partial charge in [-0.2, -0.15) is 0 Å². The number of halogens is 2. The molecule has 1 aromatic carbocycles. The molecule has 0 bridgehead atoms. The zero-order chi connectivity index (χ0) is 20.6. The van der Waals surface area contributed by atoms with E-state index in [-0.39, 0.29) is 29.2 Å². The molecule has 2 aliphatic rings. The summed E-state index contributed by atoms with van der Waals surface area (Å²) in [7, 11) is 0. The highest BCUT2D eigenvalue weighted by Crippen LogP contribution is 2.37. The average molecular weight is 418 g/mol. The fourth-order valence-electron chi connectivity index (χ4n) is 3.98. The molecular formula is C21H21ClFN3O3. The van der Waals surface area contributed by atoms with Gasteiger partial charge in [-0.3, -0.25) is 14.5 Å². The SMILES string of the molecule is Cc1ccc(CN2C(=O)CN(c3ncc(Cl)cc3F)C(=O)C23CCOCC3)cc1. The largest absolute Gasteiger partial charge is 0.381 e. The normalized spacial score (nSPS) is 19.1. The Labute approximate surface area is 173 Å². The number of carbonyl (C=O) groups excluding carboxylic acids is 2. The zero-order valence-corrected chi connectivity index (χ0v) is 16.8. The molecule has 8 heteroatoms. The standard InChI is InChI=1S/C21H21ClFN3O3/c1-14-2-4-15(5-3-14)12-26-18(27)13-25(19-17(23)10-16(22)11-24-19)20(28)21(26)6-8-29-9-7-21/h2-5,10-11H,6-9,12-13H2,1H3. The summed E-state index contributed by atoms with van der Waals surface area (Å²) in [5.74, 6) is -1.48. The number of carbonyl (C=O) groups is 2. The second-order valence-corrected chi connectivity index (χ2v) is 7.90. The second-order valence-electron chi connectivity index (χ2n) is 7.46. The third-order valence-corrected chi connectivity index (χ3v) is 5.79. The Morgan fingerprint density at radius 1 is 1.21 bits per heavy atom. The number of benzene rings is 1. The van der Waals surface area contributed by atoms with E-state index < -0.39 is 11.4 Å². The number of aryl methyl sites for hydroxylation is 1. The number of ether oxygens (including phenoxy) is 1. The van der Waals surface area contributed by atoms with E-state index in [4.69, 9.17) is 16.3 Å². The van der Waals surface area contributed by atoms with Crippen molar-refractivity contribution in [3.63, 3.8) is 0 Å². The summed E-state index contributed by atoms with van der Waals surface area (Å²) in [4.78, 5) is 33.5. The molecule has 6 nitrogen and oxygen atoms in total. The molecule has 0 atom stereocenters. The molecule has 0 N–H and O–H groups in total. The Kier molecular flexibility index (Phi) is 5.27. The van der Waals surface area contributed by atoms with Crippen LogP contribution in [0.4, 0.5) is 10.2 Å². The van der Waals surface area contributed by atoms with E-state index >= 15 is 0 Å². The summed E-state index contributed by atoms with van der Waals surface area (Å²) in [5.41, 5.74) is 0.976. The molecule has 1 aromatic heterocycles. The van der Waals surface area contributed by atoms with Gasteiger partial charge in [0, 0.05) is 38.8 Å². The molecule has 2 aromatic rings. The van der Waals surface area contributed by atoms with Gasteiger partial charge in [-0.1, -0.05) is 41.4 Å². The molecule has 4 rings (SSSR count). The molecule has 0 radical (unpaired) electrons. The van der Waals surface area contributed by atoms with E-state index in [1.807, 2.05) is 31.2 Å². The number of hydrogen-bond donors (Lipinski definition) is 0. The Morgan fingerprint density at radius 2 is 1.90 bits per heavy atom. The minimum atomic E-state index is -1.08. The van der Waals surface area contributed by atoms with E-state index in [1.165, 1.54) is 6.20 Å². The van der Waals surface area contributed by atoms with Gasteiger partial charge in [0.2, 0.25) is 5.91 Å². The van der Waals surface area contributed by atoms with Gasteiger partial charge in [0.05, 0.1) is 5.02 Å². The molecular weight excluding hydrogens is 397 g/mol. The van der Waals surface area contributed by atoms with Crippen molar-refractivity contribution < 1.29 is 18.7 Å². The van der Waals surface area contributed by atoms with E-state index in [0.29, 0.717) is 32.6 Å². The van der Waals surface area contributed by atoms with Crippen LogP contribution in [0.15, 0.2) is 36.5 Å². The third-order valence-electron chi connectivity index (χ3n) is 5.58. The number of pyridine rings is 1. The summed E-state index contributed by atoms with van der Waals surface area (Å²) >= 11 is 5.79. The Balaban J connectivity index is 1.71. The molecule has 2 aliphatic heterocycles. The minimum absolute atomic E-state index is 0.129. The molecule has 0 aliphatic carbocycles. The Morgan fingerprint density at radius 3 is 2.55 bits per heavy atom. The molecule has 152 valence electrons. The number of anilines is 1. The molecule has 0 unspecified atom stereocenters. The molecule has 0 saturated carbocycles. The lowest BCUT2D eigenvalue weighted by atomic mass is 9.83. The van der Waals surface area contributed by atoms with Gasteiger partial charge in [0.1, 0.15) is 12.1 Å². The van der Waals surface area contributed by atoms with Crippen LogP contribution < -0.4 is 4.90 Å². The van der Waals surface area contributed by atoms with Crippen LogP contribution in [-0.4, -0.2) is 47.0 Å². The first-order valence-corrected chi connectivity index (χ1v) is 9.85. The van der Waals surface area contributed by atoms with Gasteiger partial charge in [-0.05, 0) is 18.6 Å². The lowest BCUT2D eigenvalue weighted by Gasteiger charge is -2.50. The van der Waals surface area contributed by atoms with Crippen molar-refractivity contribution in [1.29, 1.82) is 0 Å². The number of amides is 2. The summed E-state index contributed by atoms with van der Waals surface area (Å²) in [6.45, 7) is 2.75. The van der Waals surface area contributed by atoms with E-state index in [9.17, 15) is 14.0 Å². The summed E-state index contributed by atoms with van der Waals surface area (Å²) < 4.78 is 19.9. The van der Waals surface area contributed by atoms with Crippen LogP contribution in [0.5, 0.6) is 0 Å². The van der Waals surface area contributed by atoms with Gasteiger partial charge in [0.15, 0.2) is 11.6 Å². The summed E-state index contributed by atoms with van der Waals surface area (Å²) in [5, 5.41) is 0.129. The highest BCUT2D eigenvalue weighted by Gasteiger charge is 2.54. The van der Waals surface area contributed by atoms with Crippen molar-refractivity contribution >= 4 is 29.2 Å². The number of nitrogens with zero attached hydrogens (tertiary/aromatic N) is 3. The zero-order valence-electron chi connectivity index (χ0n) is 16.0. The maximum Gasteiger partial charge on any atom is 0.254 e. The molecule has 2 saturated heterocycles. The lowest BCUT2D eigenvalue weighted by molar-refractivity contribution is -0.158. The molecule has 2 fully saturated rings. The number of hydrogen-bond acceptors (Lipinski definition) is 4. The first kappa shape index (κ1) is 19.8. The summed E-state index contributed by atoms with van der Waals surface area (Å²) in [6, 6.07) is 8.94. The first-order chi connectivity index (χ1) is 13.9. The lowest BCUT2D eigenvalue weighted by Crippen LogP contribution is -2.69. The van der Waals surface area contributed by atoms with Gasteiger partial charge in [-0.25, -0.2) is 9.37 Å². The van der Waals surface area contributed by atoms with Crippen molar-refractivity contribution in [3.05, 3.63) is 58.5 Å². The predicted molar refractivity (Wildman–Crippen MR) is 106 cm³/mol. The van der Waals surface area contributed by atoms with E-state index in [0.717, 1.165) is 22.1 Å². The second kappa shape index (κ2) is 7.72. The molecule has 2 amide bonds. The highest BCUT2D eigenvalue weighted by atomic mass is 35.5. The molecule has 1 spiro atoms. The van der Waals surface area contributed by atoms with Crippen LogP contribution in [-0.2, 0) is 20.9 Å². The highest BCUT2D eigenvalue weighted by molar-refractivity contribution is 6.30. The van der Waals surface area contributed by atoms with Crippen molar-refractivity contribution in [2.45, 2.75) is 31.8 Å². The van der Waals surface area contributed by atoms with Gasteiger partial charge < -0.3 is 9.64 Å². The molecule has 29 heavy (non-hydrogen) atoms. The topological polar surface area (TPSA) is 62.7 Å². The van der Waals surface area contributed by atoms with Crippen molar-refractivity contribution in [2.24, 2.45) is 0 Å². The van der Waals surface area contributed by atoms with Crippen molar-refractivity contribution in [3.8, 4) is 0 Å². The van der Waals surface area contributed by atoms with Gasteiger partial charge in [-0.15, -0.1) is 0 Å². The van der Waals surface area contributed by atoms with Crippen LogP contribution in [0.25, 0.3) is 0 Å². The summed E-state index contributed by atoms with van der Waals surface area (Å²) in [6.07, 6.45) is 1.98. The maximum atomic E-state index is 14.5. The Hall–Kier alpha value is -2.51. The van der Waals surface area contributed by atoms with Crippen molar-refractivity contribution in [2.75, 3.05) is 24.7 Å². The van der Waals surface area contributed by atoms with Crippen molar-refractivity contribution in [1.82, 2.24) is 9.88 Å². The fraction of sp³-hybridized carbons (Fsp3) is 0.381. The van der Waals surface area contributed by atoms with Gasteiger partial charge in [0.25, 0.3) is 5.91 Å². The number of aromatic nitrogens is 1. The van der Waals surface area contributed by atoms with Crippen LogP contribution in [0.3, 0.4) is 0 Å². The maximum absolute atomic E-state index is 14.5. The first-order valence-electron chi connectivity index (χ1n) is 9.47. The fourth-order valence-corrected chi connectivity index (χ4v) is 4.13. The average Bonchev–Trinajstić information content (AvgIpc) is 2.71. The third kappa shape index (κ3) is 3.60. The number of rotatable bonds is 3. The van der Waals surface area contributed by atoms with Gasteiger partial charge >= 0.3 is 0 Å². The number of piperazine rings is 1. The smallest absolute Gasteiger partial charge is 0.254 e. The minimum Gasteiger partial charge on any atom is -0.381 e. The van der Waals surface area contributed by atoms with E-state index in [2.05, 4.69) is 4.98 Å². The Bertz CT molecular complexity index is 945. The monoisotopic (exact) mass is 417 g/mol. The predicted octanol–water partition coefficient (Wildman–Crippen LogP) is 3.11. The van der Waals surface area contributed by atoms with E-state index in [1.54, 1.807) is 4.90 Å². The van der Waals surface area contributed by atoms with Crippen LogP contribution in [0.1, 0.15) is 24.0 Å². The van der Waals surface area contributed by atoms with Crippen LogP contribution >= 0.6 is 11.6 Å². The quantitative estimate of drug-likeness (QED) is 0.769. The molecule has 3 heterocycles. The van der Waals surface area contributed by atoms with Crippen LogP contribution in [0.2, 0.25) is 5.02 Å².